The minimum Gasteiger partial charge on any atom is -0.393 e. The molecule has 2 aromatic carbocycles. The monoisotopic (exact) mass is 864 g/mol. The Labute approximate surface area is 371 Å². The number of nitrogens with zero attached hydrogens (tertiary/aromatic N) is 8. The van der Waals surface area contributed by atoms with Crippen molar-refractivity contribution in [2.24, 2.45) is 5.41 Å². The Hall–Kier alpha value is -6.19. The van der Waals surface area contributed by atoms with E-state index in [0.717, 1.165) is 67.0 Å². The molecule has 2 unspecified atom stereocenters. The van der Waals surface area contributed by atoms with Crippen molar-refractivity contribution in [2.45, 2.75) is 109 Å². The molecular weight excluding hydrogens is 809 g/mol. The zero-order chi connectivity index (χ0) is 44.1. The predicted molar refractivity (Wildman–Crippen MR) is 245 cm³/mol. The number of nitrogens with one attached hydrogen (secondary N) is 2. The van der Waals surface area contributed by atoms with Crippen LogP contribution >= 0.6 is 0 Å². The Morgan fingerprint density at radius 2 is 1.80 bits per heavy atom. The van der Waals surface area contributed by atoms with Crippen molar-refractivity contribution in [3.63, 3.8) is 0 Å². The van der Waals surface area contributed by atoms with E-state index >= 15 is 0 Å². The molecule has 2 amide bonds. The second-order valence-electron chi connectivity index (χ2n) is 18.4. The summed E-state index contributed by atoms with van der Waals surface area (Å²) in [6.07, 6.45) is 11.2. The van der Waals surface area contributed by atoms with E-state index in [9.17, 15) is 19.5 Å². The quantitative estimate of drug-likeness (QED) is 0.0784. The van der Waals surface area contributed by atoms with Crippen molar-refractivity contribution < 1.29 is 19.2 Å². The van der Waals surface area contributed by atoms with Crippen LogP contribution in [0.3, 0.4) is 0 Å². The number of imide groups is 1. The summed E-state index contributed by atoms with van der Waals surface area (Å²) >= 11 is 0. The maximum Gasteiger partial charge on any atom is 0.278 e. The molecule has 3 aliphatic heterocycles. The third-order valence-electron chi connectivity index (χ3n) is 14.2. The molecule has 332 valence electrons. The number of rotatable bonds is 14. The number of aromatic nitrogens is 6. The Kier molecular flexibility index (Phi) is 11.1. The standard InChI is InChI=1S/C49H56N10O5/c1-4-7-32-10-16-42(52-40(32)24-36(60)6-3)59-45-39(47(63)58(59)22-5-2)25-50-48(54-45)51-33-11-8-30(9-12-33)31-18-20-49(21-19-31)28-57(29-49)35-26-56(27-35)34-13-14-37-41(23-34)64-55-44(37)38-15-17-43(61)53-46(38)62/h5,8-14,16,23,25,31,35-36,38,60H,2,4,6-7,15,17-22,24,26-29H2,1,3H3,(H,50,51,54)(H,53,61,62). The number of hydrogen-bond acceptors (Lipinski definition) is 12. The number of aliphatic hydroxyl groups is 1. The van der Waals surface area contributed by atoms with Crippen molar-refractivity contribution in [1.29, 1.82) is 0 Å². The fourth-order valence-corrected chi connectivity index (χ4v) is 10.5. The highest BCUT2D eigenvalue weighted by atomic mass is 16.5. The number of allylic oxidation sites excluding steroid dienone is 1. The van der Waals surface area contributed by atoms with Crippen LogP contribution in [0.25, 0.3) is 27.8 Å². The van der Waals surface area contributed by atoms with E-state index in [-0.39, 0.29) is 23.9 Å². The average molecular weight is 865 g/mol. The van der Waals surface area contributed by atoms with Gasteiger partial charge in [0.25, 0.3) is 5.56 Å². The summed E-state index contributed by atoms with van der Waals surface area (Å²) in [6.45, 7) is 12.5. The predicted octanol–water partition coefficient (Wildman–Crippen LogP) is 6.68. The molecule has 1 aliphatic carbocycles. The molecule has 4 aliphatic rings. The smallest absolute Gasteiger partial charge is 0.278 e. The molecule has 4 fully saturated rings. The molecule has 1 saturated carbocycles. The molecule has 0 bridgehead atoms. The van der Waals surface area contributed by atoms with Gasteiger partial charge >= 0.3 is 0 Å². The van der Waals surface area contributed by atoms with Crippen molar-refractivity contribution in [2.75, 3.05) is 36.4 Å². The number of piperidine rings is 1. The van der Waals surface area contributed by atoms with Gasteiger partial charge in [-0.3, -0.25) is 24.6 Å². The van der Waals surface area contributed by atoms with Crippen LogP contribution in [0.15, 0.2) is 82.8 Å². The molecule has 64 heavy (non-hydrogen) atoms. The zero-order valence-corrected chi connectivity index (χ0v) is 36.6. The number of carbonyl (C=O) groups excluding carboxylic acids is 2. The van der Waals surface area contributed by atoms with Gasteiger partial charge in [-0.1, -0.05) is 49.7 Å². The Balaban J connectivity index is 0.747. The number of benzene rings is 2. The summed E-state index contributed by atoms with van der Waals surface area (Å²) < 4.78 is 8.99. The van der Waals surface area contributed by atoms with E-state index in [1.54, 1.807) is 21.6 Å². The largest absolute Gasteiger partial charge is 0.393 e. The van der Waals surface area contributed by atoms with Crippen LogP contribution in [0.5, 0.6) is 0 Å². The first-order chi connectivity index (χ1) is 31.1. The van der Waals surface area contributed by atoms with Crippen molar-refractivity contribution in [1.82, 2.24) is 39.7 Å². The molecular formula is C49H56N10O5. The Bertz CT molecular complexity index is 2790. The Morgan fingerprint density at radius 3 is 2.53 bits per heavy atom. The molecule has 15 heteroatoms. The van der Waals surface area contributed by atoms with Crippen LogP contribution < -0.4 is 21.1 Å². The van der Waals surface area contributed by atoms with Gasteiger partial charge in [-0.15, -0.1) is 6.58 Å². The van der Waals surface area contributed by atoms with Crippen LogP contribution in [-0.2, 0) is 29.0 Å². The molecule has 1 spiro atoms. The van der Waals surface area contributed by atoms with Crippen LogP contribution in [0.2, 0.25) is 0 Å². The molecule has 4 aromatic heterocycles. The molecule has 3 saturated heterocycles. The summed E-state index contributed by atoms with van der Waals surface area (Å²) in [6, 6.07) is 19.2. The summed E-state index contributed by atoms with van der Waals surface area (Å²) in [5, 5.41) is 21.8. The van der Waals surface area contributed by atoms with Crippen LogP contribution in [0, 0.1) is 5.41 Å². The molecule has 3 N–H and O–H groups in total. The fourth-order valence-electron chi connectivity index (χ4n) is 10.5. The van der Waals surface area contributed by atoms with Gasteiger partial charge in [-0.25, -0.2) is 19.3 Å². The summed E-state index contributed by atoms with van der Waals surface area (Å²) in [5.74, 6) is 0.464. The molecule has 0 radical (unpaired) electrons. The first kappa shape index (κ1) is 41.8. The van der Waals surface area contributed by atoms with Gasteiger partial charge in [-0.2, -0.15) is 4.98 Å². The number of aliphatic hydroxyl groups excluding tert-OH is 1. The van der Waals surface area contributed by atoms with E-state index in [2.05, 4.69) is 74.4 Å². The topological polar surface area (TPSA) is 177 Å². The minimum atomic E-state index is -0.502. The summed E-state index contributed by atoms with van der Waals surface area (Å²) in [5.41, 5.74) is 7.17. The highest BCUT2D eigenvalue weighted by molar-refractivity contribution is 6.02. The maximum atomic E-state index is 13.6. The molecule has 2 atom stereocenters. The highest BCUT2D eigenvalue weighted by Crippen LogP contribution is 2.50. The third kappa shape index (κ3) is 7.78. The van der Waals surface area contributed by atoms with Crippen molar-refractivity contribution in [3.8, 4) is 5.82 Å². The lowest BCUT2D eigenvalue weighted by molar-refractivity contribution is -0.134. The van der Waals surface area contributed by atoms with E-state index < -0.39 is 12.0 Å². The lowest BCUT2D eigenvalue weighted by atomic mass is 9.64. The number of aryl methyl sites for hydroxylation is 1. The van der Waals surface area contributed by atoms with E-state index in [1.165, 1.54) is 31.2 Å². The van der Waals surface area contributed by atoms with Gasteiger partial charge in [0.2, 0.25) is 17.8 Å². The normalized spacial score (nSPS) is 19.8. The Morgan fingerprint density at radius 1 is 1.00 bits per heavy atom. The average Bonchev–Trinajstić information content (AvgIpc) is 3.81. The number of fused-ring (bicyclic) bond motifs is 2. The number of carbonyl (C=O) groups is 2. The summed E-state index contributed by atoms with van der Waals surface area (Å²) in [7, 11) is 0. The van der Waals surface area contributed by atoms with Gasteiger partial charge in [0.1, 0.15) is 11.1 Å². The minimum absolute atomic E-state index is 0.220. The highest BCUT2D eigenvalue weighted by Gasteiger charge is 2.49. The van der Waals surface area contributed by atoms with Gasteiger partial charge in [0, 0.05) is 79.8 Å². The van der Waals surface area contributed by atoms with E-state index in [4.69, 9.17) is 14.5 Å². The SMILES string of the molecule is C=CCn1c(=O)c2cnc(Nc3ccc(C4CCC5(CC4)CN(C4CN(c6ccc7c(C8CCC(=O)NC8=O)noc7c6)C4)C5)cc3)nc2n1-c1ccc(CCC)c(CC(O)CC)n1. The van der Waals surface area contributed by atoms with Crippen LogP contribution in [-0.4, -0.2) is 89.6 Å². The van der Waals surface area contributed by atoms with Crippen molar-refractivity contribution >= 4 is 51.1 Å². The van der Waals surface area contributed by atoms with Gasteiger partial charge in [0.15, 0.2) is 17.0 Å². The first-order valence-corrected chi connectivity index (χ1v) is 23.0. The van der Waals surface area contributed by atoms with Crippen molar-refractivity contribution in [3.05, 3.63) is 106 Å². The third-order valence-corrected chi connectivity index (χ3v) is 14.2. The van der Waals surface area contributed by atoms with Crippen LogP contribution in [0.1, 0.15) is 99.6 Å². The number of likely N-dealkylation sites (tertiary alicyclic amines) is 1. The first-order valence-electron chi connectivity index (χ1n) is 23.0. The number of anilines is 3. The molecule has 15 nitrogen and oxygen atoms in total. The lowest BCUT2D eigenvalue weighted by Crippen LogP contribution is -2.69. The fraction of sp³-hybridized carbons (Fsp3) is 0.449. The van der Waals surface area contributed by atoms with Gasteiger partial charge in [-0.05, 0) is 97.7 Å². The zero-order valence-electron chi connectivity index (χ0n) is 36.6. The van der Waals surface area contributed by atoms with Gasteiger partial charge in [0.05, 0.1) is 18.6 Å². The van der Waals surface area contributed by atoms with E-state index in [1.807, 2.05) is 31.2 Å². The summed E-state index contributed by atoms with van der Waals surface area (Å²) in [4.78, 5) is 57.1. The number of pyridine rings is 1. The van der Waals surface area contributed by atoms with Gasteiger partial charge < -0.3 is 19.8 Å². The maximum absolute atomic E-state index is 13.6. The van der Waals surface area contributed by atoms with E-state index in [0.29, 0.717) is 77.1 Å². The molecule has 10 rings (SSSR count). The lowest BCUT2D eigenvalue weighted by Gasteiger charge is -2.59. The number of hydrogen-bond donors (Lipinski definition) is 3. The second kappa shape index (κ2) is 17.1. The van der Waals surface area contributed by atoms with Crippen LogP contribution in [0.4, 0.5) is 17.3 Å². The molecule has 7 heterocycles. The molecule has 6 aromatic rings. The second-order valence-corrected chi connectivity index (χ2v) is 18.4. The number of amides is 2.